The van der Waals surface area contributed by atoms with Gasteiger partial charge in [-0.1, -0.05) is 52.7 Å². The van der Waals surface area contributed by atoms with Crippen molar-refractivity contribution in [1.29, 1.82) is 0 Å². The molecule has 10 amide bonds. The van der Waals surface area contributed by atoms with Gasteiger partial charge in [-0.15, -0.1) is 0 Å². The number of carboxylic acids is 4. The molecule has 81 heavy (non-hydrogen) atoms. The fourth-order valence-electron chi connectivity index (χ4n) is 8.70. The number of carbonyl (C=O) groups is 14. The Morgan fingerprint density at radius 1 is 0.568 bits per heavy atom. The first-order valence-electron chi connectivity index (χ1n) is 26.5. The molecule has 2 saturated heterocycles. The first-order chi connectivity index (χ1) is 38.1. The molecule has 2 heterocycles. The van der Waals surface area contributed by atoms with Gasteiger partial charge in [0.05, 0.1) is 31.8 Å². The Kier molecular flexibility index (Phi) is 26.9. The van der Waals surface area contributed by atoms with Crippen molar-refractivity contribution in [3.63, 3.8) is 0 Å². The van der Waals surface area contributed by atoms with Gasteiger partial charge in [0.1, 0.15) is 54.1 Å². The smallest absolute Gasteiger partial charge is 0.326 e. The molecule has 11 atom stereocenters. The minimum absolute atomic E-state index is 0.0233. The number of nitrogens with two attached hydrogens (primary N) is 1. The lowest BCUT2D eigenvalue weighted by molar-refractivity contribution is -0.146. The second kappa shape index (κ2) is 32.6. The van der Waals surface area contributed by atoms with Crippen molar-refractivity contribution in [1.82, 2.24) is 52.8 Å². The zero-order valence-electron chi connectivity index (χ0n) is 45.5. The topological polar surface area (TPSA) is 478 Å². The van der Waals surface area contributed by atoms with Gasteiger partial charge in [-0.3, -0.25) is 62.3 Å². The largest absolute Gasteiger partial charge is 0.508 e. The summed E-state index contributed by atoms with van der Waals surface area (Å²) in [6, 6.07) is -9.12. The summed E-state index contributed by atoms with van der Waals surface area (Å²) in [5, 5.41) is 70.4. The maximum absolute atomic E-state index is 14.2. The summed E-state index contributed by atoms with van der Waals surface area (Å²) in [6.45, 7) is 5.40. The molecule has 2 fully saturated rings. The molecule has 1 aromatic rings. The van der Waals surface area contributed by atoms with Crippen molar-refractivity contribution in [2.24, 2.45) is 17.6 Å². The number of rotatable bonds is 13. The van der Waals surface area contributed by atoms with E-state index in [0.717, 1.165) is 4.90 Å². The number of phenolic OH excluding ortho intramolecular Hbond substituents is 1. The molecule has 1 aromatic carbocycles. The van der Waals surface area contributed by atoms with Crippen molar-refractivity contribution in [2.45, 2.75) is 166 Å². The molecular formula is C51H75N11O19. The molecule has 0 aromatic heterocycles. The molecule has 0 radical (unpaired) electrons. The molecule has 0 aliphatic carbocycles. The number of amides is 10. The van der Waals surface area contributed by atoms with Crippen molar-refractivity contribution in [3.8, 4) is 5.75 Å². The average Bonchev–Trinajstić information content (AvgIpc) is 3.93. The molecule has 2 aliphatic heterocycles. The normalized spacial score (nSPS) is 26.2. The number of nitrogens with zero attached hydrogens (tertiary/aromatic N) is 1. The van der Waals surface area contributed by atoms with E-state index in [1.165, 1.54) is 31.2 Å². The van der Waals surface area contributed by atoms with Gasteiger partial charge >= 0.3 is 23.9 Å². The van der Waals surface area contributed by atoms with Gasteiger partial charge in [-0.05, 0) is 68.1 Å². The lowest BCUT2D eigenvalue weighted by Crippen LogP contribution is -2.60. The molecule has 0 bridgehead atoms. The predicted molar refractivity (Wildman–Crippen MR) is 280 cm³/mol. The summed E-state index contributed by atoms with van der Waals surface area (Å²) in [4.78, 5) is 186. The lowest BCUT2D eigenvalue weighted by Gasteiger charge is -2.30. The Balaban J connectivity index is 2.03. The van der Waals surface area contributed by atoms with Crippen LogP contribution >= 0.6 is 0 Å². The maximum Gasteiger partial charge on any atom is 0.326 e. The van der Waals surface area contributed by atoms with Gasteiger partial charge in [0, 0.05) is 25.9 Å². The fourth-order valence-corrected chi connectivity index (χ4v) is 8.70. The van der Waals surface area contributed by atoms with Gasteiger partial charge < -0.3 is 84.0 Å². The van der Waals surface area contributed by atoms with Crippen LogP contribution in [0.15, 0.2) is 24.3 Å². The third-order valence-electron chi connectivity index (χ3n) is 13.8. The van der Waals surface area contributed by atoms with Crippen molar-refractivity contribution < 1.29 is 92.7 Å². The van der Waals surface area contributed by atoms with Crippen LogP contribution in [0, 0.1) is 11.8 Å². The highest BCUT2D eigenvalue weighted by molar-refractivity contribution is 6.00. The summed E-state index contributed by atoms with van der Waals surface area (Å²) in [7, 11) is 0. The minimum Gasteiger partial charge on any atom is -0.508 e. The Morgan fingerprint density at radius 2 is 1.07 bits per heavy atom. The van der Waals surface area contributed by atoms with Crippen LogP contribution in [-0.2, 0) is 73.5 Å². The number of nitrogens with one attached hydrogen (secondary N) is 9. The first-order valence-corrected chi connectivity index (χ1v) is 26.5. The van der Waals surface area contributed by atoms with Crippen LogP contribution in [0.5, 0.6) is 5.75 Å². The average molecular weight is 1150 g/mol. The molecule has 3 rings (SSSR count). The molecule has 0 spiro atoms. The first kappa shape index (κ1) is 66.8. The second-order valence-electron chi connectivity index (χ2n) is 20.0. The summed E-state index contributed by atoms with van der Waals surface area (Å²) >= 11 is 0. The van der Waals surface area contributed by atoms with Gasteiger partial charge in [0.25, 0.3) is 0 Å². The number of aliphatic carboxylic acids is 4. The Bertz CT molecular complexity index is 2480. The van der Waals surface area contributed by atoms with E-state index < -0.39 is 175 Å². The highest BCUT2D eigenvalue weighted by atomic mass is 16.4. The number of carbonyl (C=O) groups excluding carboxylic acids is 10. The highest BCUT2D eigenvalue weighted by Gasteiger charge is 2.41. The van der Waals surface area contributed by atoms with Crippen LogP contribution in [0.3, 0.4) is 0 Å². The molecule has 30 heteroatoms. The molecule has 16 N–H and O–H groups in total. The van der Waals surface area contributed by atoms with E-state index in [1.54, 1.807) is 20.8 Å². The summed E-state index contributed by atoms with van der Waals surface area (Å²) in [5.74, 6) is -18.0. The van der Waals surface area contributed by atoms with E-state index in [1.807, 2.05) is 0 Å². The Labute approximate surface area is 465 Å². The van der Waals surface area contributed by atoms with Crippen LogP contribution in [0.25, 0.3) is 0 Å². The van der Waals surface area contributed by atoms with Gasteiger partial charge in [-0.25, -0.2) is 4.79 Å². The van der Waals surface area contributed by atoms with E-state index >= 15 is 0 Å². The lowest BCUT2D eigenvalue weighted by atomic mass is 9.96. The summed E-state index contributed by atoms with van der Waals surface area (Å²) in [5.41, 5.74) is 6.55. The molecule has 0 unspecified atom stereocenters. The quantitative estimate of drug-likeness (QED) is 0.0909. The van der Waals surface area contributed by atoms with Crippen molar-refractivity contribution in [2.75, 3.05) is 19.6 Å². The summed E-state index contributed by atoms with van der Waals surface area (Å²) in [6.07, 6.45) is -3.26. The van der Waals surface area contributed by atoms with Crippen molar-refractivity contribution >= 4 is 82.9 Å². The number of aromatic hydroxyl groups is 1. The van der Waals surface area contributed by atoms with Crippen LogP contribution in [0.2, 0.25) is 0 Å². The minimum atomic E-state index is -2.02. The van der Waals surface area contributed by atoms with Crippen LogP contribution in [0.1, 0.15) is 110 Å². The van der Waals surface area contributed by atoms with E-state index in [9.17, 15) is 92.7 Å². The zero-order chi connectivity index (χ0) is 60.7. The Hall–Kier alpha value is -8.44. The third-order valence-corrected chi connectivity index (χ3v) is 13.8. The third kappa shape index (κ3) is 22.0. The van der Waals surface area contributed by atoms with E-state index in [-0.39, 0.29) is 76.6 Å². The number of phenols is 1. The summed E-state index contributed by atoms with van der Waals surface area (Å²) < 4.78 is 0. The van der Waals surface area contributed by atoms with Crippen LogP contribution in [0.4, 0.5) is 0 Å². The van der Waals surface area contributed by atoms with E-state index in [4.69, 9.17) is 5.73 Å². The molecule has 448 valence electrons. The van der Waals surface area contributed by atoms with Gasteiger partial charge in [0.2, 0.25) is 59.1 Å². The van der Waals surface area contributed by atoms with Crippen molar-refractivity contribution in [3.05, 3.63) is 29.8 Å². The number of hydrogen-bond acceptors (Lipinski definition) is 16. The maximum atomic E-state index is 14.2. The van der Waals surface area contributed by atoms with E-state index in [0.29, 0.717) is 12.0 Å². The second-order valence-corrected chi connectivity index (χ2v) is 20.0. The number of carboxylic acid groups (broad SMARTS) is 4. The number of hydrogen-bond donors (Lipinski definition) is 15. The SMILES string of the molecule is CC[C@H](C)[C@@H]1NC(=O)[C@H](CC(=O)O)NC(=O)[C@H](CC(=O)O)NC(=O)CNC(=O)[C@@H]2CCCN2C(=O)[C@H](CC(=O)O)NC(=O)[C@H](Cc2ccc(O)cc2)NC(=O)[C@H]([C@@H](C)CC)NC(=O)[C@@H](N)CCC(=O)NCCCC[C@@H](C(=O)O)NC1=O. The fraction of sp³-hybridized carbons (Fsp3) is 0.608. The monoisotopic (exact) mass is 1150 g/mol. The highest BCUT2D eigenvalue weighted by Crippen LogP contribution is 2.21. The zero-order valence-corrected chi connectivity index (χ0v) is 45.5. The van der Waals surface area contributed by atoms with Gasteiger partial charge in [-0.2, -0.15) is 0 Å². The molecule has 30 nitrogen and oxygen atoms in total. The molecule has 0 saturated carbocycles. The molecular weight excluding hydrogens is 1070 g/mol. The number of fused-ring (bicyclic) bond motifs is 1. The van der Waals surface area contributed by atoms with E-state index in [2.05, 4.69) is 47.9 Å². The molecule has 2 aliphatic rings. The van der Waals surface area contributed by atoms with Crippen LogP contribution in [-0.4, -0.2) is 187 Å². The number of benzene rings is 1. The van der Waals surface area contributed by atoms with Crippen LogP contribution < -0.4 is 53.6 Å². The van der Waals surface area contributed by atoms with Gasteiger partial charge in [0.15, 0.2) is 0 Å². The Morgan fingerprint density at radius 3 is 1.64 bits per heavy atom. The standard InChI is InChI=1S/C51H75N11O19/c1-5-25(3)41-49(78)58-31(20-27-12-14-28(63)15-13-27)44(73)59-34(23-40(70)71)50(79)62-19-9-11-35(62)47(76)54-24-37(65)55-32(21-38(66)67)45(74)57-33(22-39(68)69)46(75)61-42(26(4)6-2)48(77)56-30(51(80)81)10-7-8-18-53-36(64)17-16-29(52)43(72)60-41/h12-15,25-26,29-35,41-42,63H,5-11,16-24,52H2,1-4H3,(H,53,64)(H,54,76)(H,55,65)(H,56,77)(H,57,74)(H,58,78)(H,59,73)(H,60,72)(H,61,75)(H,66,67)(H,68,69)(H,70,71)(H,80,81)/t25-,26-,29-,30-,31-,32-,33-,34-,35-,41-,42-/m0/s1. The predicted octanol–water partition coefficient (Wildman–Crippen LogP) is -3.56.